The summed E-state index contributed by atoms with van der Waals surface area (Å²) in [6.07, 6.45) is 0.195. The van der Waals surface area contributed by atoms with E-state index in [0.717, 1.165) is 28.9 Å². The number of hydrogen-bond acceptors (Lipinski definition) is 6. The summed E-state index contributed by atoms with van der Waals surface area (Å²) < 4.78 is 11.1. The normalized spacial score (nSPS) is 12.4. The van der Waals surface area contributed by atoms with Crippen molar-refractivity contribution in [2.24, 2.45) is 5.41 Å². The lowest BCUT2D eigenvalue weighted by Crippen LogP contribution is -2.27. The molecule has 1 N–H and O–H groups in total. The molecule has 1 aromatic heterocycles. The van der Waals surface area contributed by atoms with E-state index in [4.69, 9.17) is 19.7 Å². The van der Waals surface area contributed by atoms with E-state index in [-0.39, 0.29) is 10.8 Å². The molecule has 0 unspecified atom stereocenters. The lowest BCUT2D eigenvalue weighted by atomic mass is 9.72. The van der Waals surface area contributed by atoms with Crippen LogP contribution in [0.15, 0.2) is 66.7 Å². The van der Waals surface area contributed by atoms with E-state index in [0.29, 0.717) is 17.0 Å². The van der Waals surface area contributed by atoms with Gasteiger partial charge in [0.05, 0.1) is 0 Å². The van der Waals surface area contributed by atoms with Crippen LogP contribution in [0.4, 0.5) is 16.2 Å². The number of carbonyl (C=O) groups is 1. The Hall–Kier alpha value is -3.87. The topological polar surface area (TPSA) is 78.3 Å². The fourth-order valence-electron chi connectivity index (χ4n) is 4.76. The molecule has 4 aromatic rings. The van der Waals surface area contributed by atoms with Gasteiger partial charge in [0.2, 0.25) is 0 Å². The van der Waals surface area contributed by atoms with Gasteiger partial charge in [-0.1, -0.05) is 58.9 Å². The summed E-state index contributed by atoms with van der Waals surface area (Å²) in [4.78, 5) is 14.1. The van der Waals surface area contributed by atoms with Crippen molar-refractivity contribution in [1.82, 2.24) is 15.0 Å². The third-order valence-corrected chi connectivity index (χ3v) is 5.95. The molecule has 0 aliphatic rings. The molecule has 0 amide bonds. The van der Waals surface area contributed by atoms with Crippen LogP contribution in [0.2, 0.25) is 0 Å². The predicted octanol–water partition coefficient (Wildman–Crippen LogP) is 8.19. The van der Waals surface area contributed by atoms with Crippen molar-refractivity contribution in [2.75, 3.05) is 5.32 Å². The van der Waals surface area contributed by atoms with Crippen molar-refractivity contribution in [3.8, 4) is 11.4 Å². The molecule has 7 heteroatoms. The molecule has 0 aliphatic heterocycles. The second-order valence-corrected chi connectivity index (χ2v) is 12.6. The molecule has 0 spiro atoms. The van der Waals surface area contributed by atoms with Crippen LogP contribution in [0.5, 0.6) is 5.75 Å². The molecule has 4 rings (SSSR count). The lowest BCUT2D eigenvalue weighted by molar-refractivity contribution is 0.0205. The van der Waals surface area contributed by atoms with Crippen molar-refractivity contribution in [1.29, 1.82) is 0 Å². The van der Waals surface area contributed by atoms with E-state index in [1.807, 2.05) is 60.7 Å². The molecule has 7 nitrogen and oxygen atoms in total. The first-order valence-corrected chi connectivity index (χ1v) is 12.9. The summed E-state index contributed by atoms with van der Waals surface area (Å²) in [5, 5.41) is 12.9. The second kappa shape index (κ2) is 10.1. The van der Waals surface area contributed by atoms with Crippen LogP contribution in [0.25, 0.3) is 16.7 Å². The summed E-state index contributed by atoms with van der Waals surface area (Å²) in [5.74, 6) is 0.331. The van der Waals surface area contributed by atoms with Gasteiger partial charge in [0, 0.05) is 11.4 Å². The fourth-order valence-corrected chi connectivity index (χ4v) is 4.76. The largest absolute Gasteiger partial charge is 0.514 e. The first kappa shape index (κ1) is 27.2. The molecule has 0 fully saturated rings. The van der Waals surface area contributed by atoms with E-state index in [9.17, 15) is 4.79 Å². The number of aromatic nitrogens is 3. The van der Waals surface area contributed by atoms with Gasteiger partial charge in [0.25, 0.3) is 0 Å². The number of nitrogens with one attached hydrogen (secondary N) is 1. The van der Waals surface area contributed by atoms with Gasteiger partial charge < -0.3 is 14.8 Å². The Morgan fingerprint density at radius 2 is 1.50 bits per heavy atom. The van der Waals surface area contributed by atoms with Crippen LogP contribution < -0.4 is 10.1 Å². The van der Waals surface area contributed by atoms with Gasteiger partial charge in [0.1, 0.15) is 22.3 Å². The molecule has 0 bridgehead atoms. The third kappa shape index (κ3) is 6.91. The molecule has 0 aliphatic carbocycles. The molecule has 38 heavy (non-hydrogen) atoms. The average Bonchev–Trinajstić information content (AvgIpc) is 3.20. The minimum Gasteiger partial charge on any atom is -0.428 e. The van der Waals surface area contributed by atoms with Crippen molar-refractivity contribution in [3.63, 3.8) is 0 Å². The summed E-state index contributed by atoms with van der Waals surface area (Å²) in [7, 11) is 0. The van der Waals surface area contributed by atoms with Gasteiger partial charge in [-0.15, -0.1) is 15.0 Å². The Kier molecular flexibility index (Phi) is 7.24. The van der Waals surface area contributed by atoms with Gasteiger partial charge in [-0.05, 0) is 86.1 Å². The van der Waals surface area contributed by atoms with E-state index in [2.05, 4.69) is 39.9 Å². The van der Waals surface area contributed by atoms with E-state index >= 15 is 0 Å². The number of carbonyl (C=O) groups excluding carboxylic acids is 1. The zero-order valence-electron chi connectivity index (χ0n) is 23.6. The molecule has 0 radical (unpaired) electrons. The molecular weight excluding hydrogens is 476 g/mol. The predicted molar refractivity (Wildman–Crippen MR) is 153 cm³/mol. The molecule has 0 saturated carbocycles. The quantitative estimate of drug-likeness (QED) is 0.206. The van der Waals surface area contributed by atoms with Crippen LogP contribution in [0, 0.1) is 5.41 Å². The minimum atomic E-state index is -0.772. The fraction of sp³-hybridized carbons (Fsp3) is 0.387. The summed E-state index contributed by atoms with van der Waals surface area (Å²) in [6, 6.07) is 21.6. The number of anilines is 2. The van der Waals surface area contributed by atoms with Crippen LogP contribution in [0.1, 0.15) is 67.4 Å². The summed E-state index contributed by atoms with van der Waals surface area (Å²) in [6.45, 7) is 16.6. The number of fused-ring (bicyclic) bond motifs is 1. The van der Waals surface area contributed by atoms with E-state index in [1.165, 1.54) is 4.80 Å². The van der Waals surface area contributed by atoms with Crippen molar-refractivity contribution in [3.05, 3.63) is 72.3 Å². The lowest BCUT2D eigenvalue weighted by Gasteiger charge is -2.33. The van der Waals surface area contributed by atoms with Crippen molar-refractivity contribution >= 4 is 28.6 Å². The first-order valence-electron chi connectivity index (χ1n) is 12.9. The van der Waals surface area contributed by atoms with Gasteiger partial charge in [-0.2, -0.15) is 0 Å². The number of rotatable bonds is 6. The average molecular weight is 515 g/mol. The van der Waals surface area contributed by atoms with Gasteiger partial charge in [-0.25, -0.2) is 4.79 Å². The Bertz CT molecular complexity index is 1430. The molecular formula is C31H38N4O3. The Balaban J connectivity index is 1.74. The number of para-hydroxylation sites is 1. The molecule has 0 saturated heterocycles. The number of ether oxygens (including phenoxy) is 2. The highest BCUT2D eigenvalue weighted by molar-refractivity contribution is 5.80. The van der Waals surface area contributed by atoms with E-state index in [1.54, 1.807) is 26.8 Å². The Morgan fingerprint density at radius 3 is 2.16 bits per heavy atom. The molecule has 3 aromatic carbocycles. The Morgan fingerprint density at radius 1 is 0.816 bits per heavy atom. The molecule has 1 heterocycles. The zero-order valence-corrected chi connectivity index (χ0v) is 23.6. The number of hydrogen-bond donors (Lipinski definition) is 1. The maximum Gasteiger partial charge on any atom is 0.514 e. The maximum atomic E-state index is 12.6. The monoisotopic (exact) mass is 514 g/mol. The SMILES string of the molecule is CC(C)(C)CC(C)(C)c1ccc(OC(=O)OC(C)(C)C)c(-n2nc3ccc(Nc4ccccc4)cc3n2)c1. The Labute approximate surface area is 225 Å². The van der Waals surface area contributed by atoms with Gasteiger partial charge >= 0.3 is 6.16 Å². The second-order valence-electron chi connectivity index (χ2n) is 12.6. The maximum absolute atomic E-state index is 12.6. The van der Waals surface area contributed by atoms with Crippen LogP contribution in [-0.4, -0.2) is 26.8 Å². The molecule has 200 valence electrons. The number of nitrogens with zero attached hydrogens (tertiary/aromatic N) is 3. The van der Waals surface area contributed by atoms with E-state index < -0.39 is 11.8 Å². The standard InChI is InChI=1S/C31H38N4O3/c1-29(2,3)20-31(7,8)21-14-17-27(37-28(36)38-30(4,5)6)26(18-21)35-33-24-16-15-23(19-25(24)34-35)32-22-12-10-9-11-13-22/h9-19,32H,20H2,1-8H3. The highest BCUT2D eigenvalue weighted by Crippen LogP contribution is 2.38. The third-order valence-electron chi connectivity index (χ3n) is 5.95. The van der Waals surface area contributed by atoms with Crippen LogP contribution in [-0.2, 0) is 10.2 Å². The van der Waals surface area contributed by atoms with Gasteiger partial charge in [0.15, 0.2) is 5.75 Å². The van der Waals surface area contributed by atoms with Crippen molar-refractivity contribution in [2.45, 2.75) is 72.8 Å². The van der Waals surface area contributed by atoms with Gasteiger partial charge in [-0.3, -0.25) is 0 Å². The summed E-state index contributed by atoms with van der Waals surface area (Å²) >= 11 is 0. The highest BCUT2D eigenvalue weighted by atomic mass is 16.7. The number of benzene rings is 3. The minimum absolute atomic E-state index is 0.128. The van der Waals surface area contributed by atoms with Crippen LogP contribution >= 0.6 is 0 Å². The summed E-state index contributed by atoms with van der Waals surface area (Å²) in [5.41, 5.74) is 4.34. The first-order chi connectivity index (χ1) is 17.7. The van der Waals surface area contributed by atoms with Crippen LogP contribution in [0.3, 0.4) is 0 Å². The smallest absolute Gasteiger partial charge is 0.428 e. The zero-order chi connectivity index (χ0) is 27.7. The van der Waals surface area contributed by atoms with Crippen molar-refractivity contribution < 1.29 is 14.3 Å². The molecule has 0 atom stereocenters. The highest BCUT2D eigenvalue weighted by Gasteiger charge is 2.29.